The number of allylic oxidation sites excluding steroid dienone is 1. The number of carbonyl (C=O) groups is 1. The fraction of sp³-hybridized carbons (Fsp3) is 0.409. The van der Waals surface area contributed by atoms with Crippen LogP contribution in [-0.2, 0) is 21.4 Å². The number of aryl methyl sites for hydroxylation is 1. The van der Waals surface area contributed by atoms with Gasteiger partial charge in [-0.15, -0.1) is 0 Å². The van der Waals surface area contributed by atoms with E-state index in [0.717, 1.165) is 12.8 Å². The van der Waals surface area contributed by atoms with Crippen molar-refractivity contribution in [3.63, 3.8) is 0 Å². The lowest BCUT2D eigenvalue weighted by Gasteiger charge is -2.34. The topological polar surface area (TPSA) is 26.3 Å². The van der Waals surface area contributed by atoms with Gasteiger partial charge in [-0.25, -0.2) is 0 Å². The molecule has 1 atom stereocenters. The fourth-order valence-electron chi connectivity index (χ4n) is 5.20. The molecule has 0 heterocycles. The maximum absolute atomic E-state index is 11.5. The van der Waals surface area contributed by atoms with Gasteiger partial charge in [0, 0.05) is 17.9 Å². The van der Waals surface area contributed by atoms with Gasteiger partial charge in [0.05, 0.1) is 0 Å². The van der Waals surface area contributed by atoms with Crippen LogP contribution in [0.1, 0.15) is 67.4 Å². The number of hydrogen-bond donors (Lipinski definition) is 0. The molecule has 2 aromatic rings. The predicted octanol–water partition coefficient (Wildman–Crippen LogP) is 5.23. The Morgan fingerprint density at radius 2 is 1.96 bits per heavy atom. The summed E-state index contributed by atoms with van der Waals surface area (Å²) in [4.78, 5) is 11.5. The summed E-state index contributed by atoms with van der Waals surface area (Å²) in [5, 5.41) is 2.78. The Bertz CT molecular complexity index is 884. The average molecular weight is 318 g/mol. The molecule has 2 heteroatoms. The van der Waals surface area contributed by atoms with Crippen LogP contribution in [0.15, 0.2) is 30.3 Å². The van der Waals surface area contributed by atoms with Crippen LogP contribution >= 0.6 is 0 Å². The Kier molecular flexibility index (Phi) is 2.94. The molecule has 0 aliphatic heterocycles. The molecule has 1 saturated carbocycles. The highest BCUT2D eigenvalue weighted by Gasteiger charge is 2.38. The van der Waals surface area contributed by atoms with E-state index < -0.39 is 0 Å². The maximum Gasteiger partial charge on any atom is 0.303 e. The van der Waals surface area contributed by atoms with E-state index in [1.807, 2.05) is 0 Å². The van der Waals surface area contributed by atoms with Gasteiger partial charge in [-0.05, 0) is 53.1 Å². The Balaban J connectivity index is 1.79. The van der Waals surface area contributed by atoms with Gasteiger partial charge in [-0.2, -0.15) is 0 Å². The summed E-state index contributed by atoms with van der Waals surface area (Å²) in [6, 6.07) is 9.10. The summed E-state index contributed by atoms with van der Waals surface area (Å²) in [6.07, 6.45) is 11.7. The second-order valence-corrected chi connectivity index (χ2v) is 7.60. The molecule has 0 saturated heterocycles. The Morgan fingerprint density at radius 1 is 1.12 bits per heavy atom. The molecule has 3 aliphatic carbocycles. The second kappa shape index (κ2) is 4.95. The van der Waals surface area contributed by atoms with E-state index in [1.54, 1.807) is 0 Å². The Morgan fingerprint density at radius 3 is 2.75 bits per heavy atom. The van der Waals surface area contributed by atoms with E-state index in [2.05, 4.69) is 36.4 Å². The molecule has 24 heavy (non-hydrogen) atoms. The lowest BCUT2D eigenvalue weighted by atomic mass is 9.70. The number of ether oxygens (including phenoxy) is 1. The van der Waals surface area contributed by atoms with Gasteiger partial charge < -0.3 is 4.74 Å². The smallest absolute Gasteiger partial charge is 0.303 e. The molecular formula is C22H22O2. The van der Waals surface area contributed by atoms with Crippen molar-refractivity contribution in [1.82, 2.24) is 0 Å². The van der Waals surface area contributed by atoms with E-state index >= 15 is 0 Å². The zero-order chi connectivity index (χ0) is 16.3. The number of rotatable bonds is 1. The van der Waals surface area contributed by atoms with Gasteiger partial charge in [0.2, 0.25) is 0 Å². The zero-order valence-corrected chi connectivity index (χ0v) is 14.1. The molecule has 122 valence electrons. The molecular weight excluding hydrogens is 296 g/mol. The van der Waals surface area contributed by atoms with Crippen molar-refractivity contribution < 1.29 is 9.53 Å². The van der Waals surface area contributed by atoms with Gasteiger partial charge in [0.1, 0.15) is 6.10 Å². The van der Waals surface area contributed by atoms with Gasteiger partial charge in [0.25, 0.3) is 0 Å². The van der Waals surface area contributed by atoms with Crippen LogP contribution in [0.25, 0.3) is 16.8 Å². The Labute approximate surface area is 142 Å². The molecule has 0 amide bonds. The first kappa shape index (κ1) is 14.3. The van der Waals surface area contributed by atoms with Crippen molar-refractivity contribution in [2.75, 3.05) is 0 Å². The maximum atomic E-state index is 11.5. The minimum atomic E-state index is -0.184. The summed E-state index contributed by atoms with van der Waals surface area (Å²) in [6.45, 7) is 1.51. The highest BCUT2D eigenvalue weighted by Crippen LogP contribution is 2.51. The van der Waals surface area contributed by atoms with Crippen LogP contribution in [0.5, 0.6) is 0 Å². The molecule has 0 radical (unpaired) electrons. The summed E-state index contributed by atoms with van der Waals surface area (Å²) in [5.74, 6) is -0.184. The van der Waals surface area contributed by atoms with Crippen LogP contribution in [-0.4, -0.2) is 5.97 Å². The molecule has 1 spiro atoms. The van der Waals surface area contributed by atoms with Crippen molar-refractivity contribution in [3.05, 3.63) is 52.6 Å². The minimum Gasteiger partial charge on any atom is -0.458 e. The van der Waals surface area contributed by atoms with E-state index in [0.29, 0.717) is 0 Å². The SMILES string of the molecule is CC(=O)OC1CCc2ccc3c4c(ccc1c24)C=CC31CCCC1. The normalized spacial score (nSPS) is 23.0. The molecule has 0 N–H and O–H groups in total. The van der Waals surface area contributed by atoms with E-state index in [9.17, 15) is 4.79 Å². The highest BCUT2D eigenvalue weighted by atomic mass is 16.5. The zero-order valence-electron chi connectivity index (χ0n) is 14.1. The first-order valence-corrected chi connectivity index (χ1v) is 9.13. The summed E-state index contributed by atoms with van der Waals surface area (Å²) in [5.41, 5.74) is 5.68. The van der Waals surface area contributed by atoms with E-state index in [1.165, 1.54) is 65.6 Å². The summed E-state index contributed by atoms with van der Waals surface area (Å²) < 4.78 is 5.63. The van der Waals surface area contributed by atoms with Gasteiger partial charge in [-0.3, -0.25) is 4.79 Å². The van der Waals surface area contributed by atoms with E-state index in [4.69, 9.17) is 4.74 Å². The van der Waals surface area contributed by atoms with Crippen molar-refractivity contribution in [2.24, 2.45) is 0 Å². The van der Waals surface area contributed by atoms with Gasteiger partial charge in [-0.1, -0.05) is 49.3 Å². The highest BCUT2D eigenvalue weighted by molar-refractivity contribution is 6.01. The van der Waals surface area contributed by atoms with Crippen LogP contribution < -0.4 is 0 Å². The largest absolute Gasteiger partial charge is 0.458 e. The monoisotopic (exact) mass is 318 g/mol. The molecule has 2 aromatic carbocycles. The molecule has 0 bridgehead atoms. The number of hydrogen-bond acceptors (Lipinski definition) is 2. The fourth-order valence-corrected chi connectivity index (χ4v) is 5.20. The molecule has 0 aromatic heterocycles. The lowest BCUT2D eigenvalue weighted by molar-refractivity contribution is -0.147. The first-order valence-electron chi connectivity index (χ1n) is 9.13. The predicted molar refractivity (Wildman–Crippen MR) is 96.0 cm³/mol. The van der Waals surface area contributed by atoms with Crippen LogP contribution in [0.2, 0.25) is 0 Å². The lowest BCUT2D eigenvalue weighted by Crippen LogP contribution is -2.23. The standard InChI is InChI=1S/C22H22O2/c1-14(23)24-19-9-6-15-5-8-18-21-16(4-7-17(19)20(15)21)10-13-22(18)11-2-3-12-22/h4-5,7-8,10,13,19H,2-3,6,9,11-12H2,1H3. The third-order valence-electron chi connectivity index (χ3n) is 6.26. The molecule has 1 unspecified atom stereocenters. The number of esters is 1. The number of carbonyl (C=O) groups excluding carboxylic acids is 1. The summed E-state index contributed by atoms with van der Waals surface area (Å²) in [7, 11) is 0. The van der Waals surface area contributed by atoms with Crippen molar-refractivity contribution >= 4 is 22.8 Å². The molecule has 1 fully saturated rings. The number of benzene rings is 2. The van der Waals surface area contributed by atoms with Crippen LogP contribution in [0, 0.1) is 0 Å². The van der Waals surface area contributed by atoms with Crippen molar-refractivity contribution in [1.29, 1.82) is 0 Å². The summed E-state index contributed by atoms with van der Waals surface area (Å²) >= 11 is 0. The molecule has 5 rings (SSSR count). The van der Waals surface area contributed by atoms with Crippen molar-refractivity contribution in [3.8, 4) is 0 Å². The molecule has 2 nitrogen and oxygen atoms in total. The van der Waals surface area contributed by atoms with Crippen LogP contribution in [0.4, 0.5) is 0 Å². The van der Waals surface area contributed by atoms with E-state index in [-0.39, 0.29) is 17.5 Å². The van der Waals surface area contributed by atoms with Crippen molar-refractivity contribution in [2.45, 2.75) is 57.0 Å². The molecule has 3 aliphatic rings. The number of fused-ring (bicyclic) bond motifs is 1. The van der Waals surface area contributed by atoms with Gasteiger partial charge >= 0.3 is 5.97 Å². The quantitative estimate of drug-likeness (QED) is 0.673. The Hall–Kier alpha value is -2.09. The third-order valence-corrected chi connectivity index (χ3v) is 6.26. The van der Waals surface area contributed by atoms with Gasteiger partial charge in [0.15, 0.2) is 0 Å². The first-order chi connectivity index (χ1) is 11.7. The second-order valence-electron chi connectivity index (χ2n) is 7.60. The average Bonchev–Trinajstić information content (AvgIpc) is 3.05. The van der Waals surface area contributed by atoms with Crippen LogP contribution in [0.3, 0.4) is 0 Å². The minimum absolute atomic E-state index is 0.0928. The third kappa shape index (κ3) is 1.86.